The molecule has 0 radical (unpaired) electrons. The lowest BCUT2D eigenvalue weighted by Gasteiger charge is -2.16. The zero-order valence-electron chi connectivity index (χ0n) is 13.9. The molecule has 0 spiro atoms. The van der Waals surface area contributed by atoms with Gasteiger partial charge in [-0.15, -0.1) is 11.3 Å². The van der Waals surface area contributed by atoms with Gasteiger partial charge in [0.05, 0.1) is 17.6 Å². The van der Waals surface area contributed by atoms with Gasteiger partial charge in [0, 0.05) is 18.8 Å². The Labute approximate surface area is 145 Å². The van der Waals surface area contributed by atoms with Crippen LogP contribution in [0.5, 0.6) is 0 Å². The third-order valence-corrected chi connectivity index (χ3v) is 5.28. The number of hydrogen-bond acceptors (Lipinski definition) is 7. The first-order chi connectivity index (χ1) is 11.7. The second kappa shape index (κ2) is 6.32. The van der Waals surface area contributed by atoms with Gasteiger partial charge in [-0.05, 0) is 43.7 Å². The Morgan fingerprint density at radius 3 is 2.83 bits per heavy atom. The van der Waals surface area contributed by atoms with Gasteiger partial charge in [0.25, 0.3) is 0 Å². The predicted molar refractivity (Wildman–Crippen MR) is 97.7 cm³/mol. The van der Waals surface area contributed by atoms with E-state index in [0.717, 1.165) is 46.5 Å². The Kier molecular flexibility index (Phi) is 4.02. The van der Waals surface area contributed by atoms with Crippen LogP contribution < -0.4 is 10.2 Å². The summed E-state index contributed by atoms with van der Waals surface area (Å²) in [4.78, 5) is 21.3. The summed E-state index contributed by atoms with van der Waals surface area (Å²) in [7, 11) is 0. The van der Waals surface area contributed by atoms with Gasteiger partial charge in [-0.2, -0.15) is 0 Å². The SMILES string of the molecule is Cc1cc(CNc2ncnc3scc(C)c23)nc(N2CCCC2)n1. The van der Waals surface area contributed by atoms with Gasteiger partial charge in [-0.3, -0.25) is 0 Å². The summed E-state index contributed by atoms with van der Waals surface area (Å²) in [6, 6.07) is 2.03. The summed E-state index contributed by atoms with van der Waals surface area (Å²) >= 11 is 1.65. The minimum absolute atomic E-state index is 0.631. The molecule has 0 atom stereocenters. The molecule has 4 heterocycles. The van der Waals surface area contributed by atoms with E-state index in [1.54, 1.807) is 17.7 Å². The van der Waals surface area contributed by atoms with Crippen molar-refractivity contribution in [3.8, 4) is 0 Å². The van der Waals surface area contributed by atoms with Crippen molar-refractivity contribution in [3.05, 3.63) is 34.7 Å². The Morgan fingerprint density at radius 1 is 1.17 bits per heavy atom. The minimum Gasteiger partial charge on any atom is -0.364 e. The Morgan fingerprint density at radius 2 is 2.00 bits per heavy atom. The molecular weight excluding hydrogens is 320 g/mol. The van der Waals surface area contributed by atoms with E-state index in [1.165, 1.54) is 18.4 Å². The fourth-order valence-electron chi connectivity index (χ4n) is 3.09. The van der Waals surface area contributed by atoms with E-state index in [-0.39, 0.29) is 0 Å². The second-order valence-electron chi connectivity index (χ2n) is 6.17. The van der Waals surface area contributed by atoms with Crippen molar-refractivity contribution in [1.29, 1.82) is 0 Å². The lowest BCUT2D eigenvalue weighted by molar-refractivity contribution is 0.865. The van der Waals surface area contributed by atoms with Crippen LogP contribution in [0.4, 0.5) is 11.8 Å². The first-order valence-electron chi connectivity index (χ1n) is 8.23. The van der Waals surface area contributed by atoms with Crippen LogP contribution in [0.2, 0.25) is 0 Å². The molecule has 0 amide bonds. The highest BCUT2D eigenvalue weighted by atomic mass is 32.1. The summed E-state index contributed by atoms with van der Waals surface area (Å²) in [5.74, 6) is 1.72. The summed E-state index contributed by atoms with van der Waals surface area (Å²) in [6.45, 7) is 6.85. The van der Waals surface area contributed by atoms with Crippen LogP contribution in [0.3, 0.4) is 0 Å². The summed E-state index contributed by atoms with van der Waals surface area (Å²) in [5, 5.41) is 6.64. The highest BCUT2D eigenvalue weighted by Crippen LogP contribution is 2.28. The monoisotopic (exact) mass is 340 g/mol. The molecular formula is C17H20N6S. The van der Waals surface area contributed by atoms with Crippen molar-refractivity contribution < 1.29 is 0 Å². The van der Waals surface area contributed by atoms with Gasteiger partial charge < -0.3 is 10.2 Å². The van der Waals surface area contributed by atoms with Gasteiger partial charge >= 0.3 is 0 Å². The molecule has 1 N–H and O–H groups in total. The standard InChI is InChI=1S/C17H20N6S/c1-11-9-24-16-14(11)15(19-10-20-16)18-8-13-7-12(2)21-17(22-13)23-5-3-4-6-23/h7,9-10H,3-6,8H2,1-2H3,(H,18,19,20). The molecule has 0 bridgehead atoms. The van der Waals surface area contributed by atoms with E-state index < -0.39 is 0 Å². The quantitative estimate of drug-likeness (QED) is 0.786. The molecule has 124 valence electrons. The lowest BCUT2D eigenvalue weighted by Crippen LogP contribution is -2.21. The maximum Gasteiger partial charge on any atom is 0.225 e. The van der Waals surface area contributed by atoms with Gasteiger partial charge in [-0.25, -0.2) is 19.9 Å². The van der Waals surface area contributed by atoms with E-state index >= 15 is 0 Å². The first-order valence-corrected chi connectivity index (χ1v) is 9.11. The molecule has 6 nitrogen and oxygen atoms in total. The molecule has 3 aromatic heterocycles. The van der Waals surface area contributed by atoms with E-state index in [1.807, 2.05) is 13.0 Å². The molecule has 24 heavy (non-hydrogen) atoms. The van der Waals surface area contributed by atoms with Crippen LogP contribution in [0.25, 0.3) is 10.2 Å². The van der Waals surface area contributed by atoms with Crippen LogP contribution in [-0.4, -0.2) is 33.0 Å². The molecule has 0 aromatic carbocycles. The van der Waals surface area contributed by atoms with E-state index in [2.05, 4.69) is 37.5 Å². The number of aryl methyl sites for hydroxylation is 2. The zero-order chi connectivity index (χ0) is 16.5. The van der Waals surface area contributed by atoms with Crippen LogP contribution in [0.15, 0.2) is 17.8 Å². The van der Waals surface area contributed by atoms with Crippen molar-refractivity contribution >= 4 is 33.3 Å². The van der Waals surface area contributed by atoms with Crippen molar-refractivity contribution in [2.75, 3.05) is 23.3 Å². The van der Waals surface area contributed by atoms with Crippen molar-refractivity contribution in [2.24, 2.45) is 0 Å². The van der Waals surface area contributed by atoms with Gasteiger partial charge in [0.2, 0.25) is 5.95 Å². The molecule has 4 rings (SSSR count). The fourth-order valence-corrected chi connectivity index (χ4v) is 3.98. The van der Waals surface area contributed by atoms with E-state index in [0.29, 0.717) is 6.54 Å². The predicted octanol–water partition coefficient (Wildman–Crippen LogP) is 3.31. The van der Waals surface area contributed by atoms with E-state index in [4.69, 9.17) is 4.98 Å². The van der Waals surface area contributed by atoms with Crippen molar-refractivity contribution in [3.63, 3.8) is 0 Å². The lowest BCUT2D eigenvalue weighted by atomic mass is 10.2. The normalized spacial score (nSPS) is 14.5. The largest absolute Gasteiger partial charge is 0.364 e. The van der Waals surface area contributed by atoms with Crippen molar-refractivity contribution in [2.45, 2.75) is 33.2 Å². The third kappa shape index (κ3) is 2.91. The molecule has 3 aromatic rings. The number of nitrogens with one attached hydrogen (secondary N) is 1. The minimum atomic E-state index is 0.631. The average molecular weight is 340 g/mol. The maximum absolute atomic E-state index is 4.73. The molecule has 0 aliphatic carbocycles. The van der Waals surface area contributed by atoms with E-state index in [9.17, 15) is 0 Å². The Hall–Kier alpha value is -2.28. The molecule has 1 saturated heterocycles. The highest BCUT2D eigenvalue weighted by molar-refractivity contribution is 7.17. The molecule has 0 saturated carbocycles. The van der Waals surface area contributed by atoms with Crippen LogP contribution in [0.1, 0.15) is 29.8 Å². The number of fused-ring (bicyclic) bond motifs is 1. The van der Waals surface area contributed by atoms with Crippen molar-refractivity contribution in [1.82, 2.24) is 19.9 Å². The smallest absolute Gasteiger partial charge is 0.225 e. The number of anilines is 2. The topological polar surface area (TPSA) is 66.8 Å². The summed E-state index contributed by atoms with van der Waals surface area (Å²) in [5.41, 5.74) is 3.20. The number of aromatic nitrogens is 4. The van der Waals surface area contributed by atoms with Crippen LogP contribution in [0, 0.1) is 13.8 Å². The number of nitrogens with zero attached hydrogens (tertiary/aromatic N) is 5. The number of thiophene rings is 1. The summed E-state index contributed by atoms with van der Waals surface area (Å²) in [6.07, 6.45) is 4.06. The molecule has 1 fully saturated rings. The number of hydrogen-bond donors (Lipinski definition) is 1. The Balaban J connectivity index is 1.58. The van der Waals surface area contributed by atoms with Gasteiger partial charge in [-0.1, -0.05) is 0 Å². The molecule has 7 heteroatoms. The fraction of sp³-hybridized carbons (Fsp3) is 0.412. The Bertz CT molecular complexity index is 869. The third-order valence-electron chi connectivity index (χ3n) is 4.28. The van der Waals surface area contributed by atoms with Gasteiger partial charge in [0.15, 0.2) is 0 Å². The van der Waals surface area contributed by atoms with Crippen LogP contribution in [-0.2, 0) is 6.54 Å². The maximum atomic E-state index is 4.73. The molecule has 1 aliphatic heterocycles. The molecule has 0 unspecified atom stereocenters. The van der Waals surface area contributed by atoms with Crippen LogP contribution >= 0.6 is 11.3 Å². The first kappa shape index (κ1) is 15.3. The average Bonchev–Trinajstić information content (AvgIpc) is 3.23. The second-order valence-corrected chi connectivity index (χ2v) is 7.03. The zero-order valence-corrected chi connectivity index (χ0v) is 14.7. The number of rotatable bonds is 4. The highest BCUT2D eigenvalue weighted by Gasteiger charge is 2.16. The van der Waals surface area contributed by atoms with Gasteiger partial charge in [0.1, 0.15) is 17.0 Å². The summed E-state index contributed by atoms with van der Waals surface area (Å²) < 4.78 is 0. The molecule has 1 aliphatic rings.